The number of aliphatic hydroxyl groups is 1. The number of anilines is 1. The molecule has 0 aliphatic rings. The van der Waals surface area contributed by atoms with Crippen LogP contribution < -0.4 is 4.90 Å². The highest BCUT2D eigenvalue weighted by Crippen LogP contribution is 2.28. The van der Waals surface area contributed by atoms with Crippen molar-refractivity contribution in [2.75, 3.05) is 18.5 Å². The molecule has 0 fully saturated rings. The molecule has 96 valence electrons. The van der Waals surface area contributed by atoms with Crippen molar-refractivity contribution >= 4 is 5.69 Å². The summed E-state index contributed by atoms with van der Waals surface area (Å²) >= 11 is 0. The van der Waals surface area contributed by atoms with Crippen LogP contribution >= 0.6 is 0 Å². The van der Waals surface area contributed by atoms with Crippen molar-refractivity contribution < 1.29 is 9.50 Å². The lowest BCUT2D eigenvalue weighted by molar-refractivity contribution is 0.194. The lowest BCUT2D eigenvalue weighted by Gasteiger charge is -2.26. The molecule has 3 heteroatoms. The maximum atomic E-state index is 13.7. The predicted molar refractivity (Wildman–Crippen MR) is 69.8 cm³/mol. The molecule has 1 N–H and O–H groups in total. The van der Waals surface area contributed by atoms with E-state index in [0.29, 0.717) is 11.5 Å². The predicted octanol–water partition coefficient (Wildman–Crippen LogP) is 3.36. The van der Waals surface area contributed by atoms with Crippen LogP contribution in [0.1, 0.15) is 38.9 Å². The van der Waals surface area contributed by atoms with E-state index in [2.05, 4.69) is 13.8 Å². The van der Waals surface area contributed by atoms with Gasteiger partial charge < -0.3 is 10.0 Å². The summed E-state index contributed by atoms with van der Waals surface area (Å²) in [6, 6.07) is 4.93. The molecule has 1 unspecified atom stereocenters. The maximum absolute atomic E-state index is 13.7. The molecule has 0 aromatic heterocycles. The van der Waals surface area contributed by atoms with Gasteiger partial charge in [-0.15, -0.1) is 0 Å². The van der Waals surface area contributed by atoms with Crippen LogP contribution in [0.5, 0.6) is 0 Å². The Kier molecular flexibility index (Phi) is 4.94. The summed E-state index contributed by atoms with van der Waals surface area (Å²) in [5.74, 6) is 0.207. The van der Waals surface area contributed by atoms with Crippen LogP contribution in [-0.4, -0.2) is 18.7 Å². The fourth-order valence-electron chi connectivity index (χ4n) is 1.97. The van der Waals surface area contributed by atoms with E-state index in [4.69, 9.17) is 0 Å². The molecule has 1 rings (SSSR count). The number of benzene rings is 1. The van der Waals surface area contributed by atoms with Crippen LogP contribution in [0.15, 0.2) is 18.2 Å². The summed E-state index contributed by atoms with van der Waals surface area (Å²) in [6.07, 6.45) is 0.300. The molecule has 0 spiro atoms. The molecular formula is C14H22FNO. The number of hydrogen-bond donors (Lipinski definition) is 1. The highest BCUT2D eigenvalue weighted by atomic mass is 19.1. The van der Waals surface area contributed by atoms with Crippen LogP contribution in [0, 0.1) is 11.7 Å². The summed E-state index contributed by atoms with van der Waals surface area (Å²) in [7, 11) is 1.94. The van der Waals surface area contributed by atoms with Crippen LogP contribution in [0.3, 0.4) is 0 Å². The molecular weight excluding hydrogens is 217 g/mol. The number of aliphatic hydroxyl groups excluding tert-OH is 1. The molecule has 0 aliphatic carbocycles. The first-order valence-corrected chi connectivity index (χ1v) is 6.15. The Morgan fingerprint density at radius 3 is 2.53 bits per heavy atom. The highest BCUT2D eigenvalue weighted by Gasteiger charge is 2.16. The Morgan fingerprint density at radius 2 is 2.00 bits per heavy atom. The highest BCUT2D eigenvalue weighted by molar-refractivity contribution is 5.54. The molecule has 2 atom stereocenters. The summed E-state index contributed by atoms with van der Waals surface area (Å²) in [6.45, 7) is 6.76. The quantitative estimate of drug-likeness (QED) is 0.851. The molecule has 0 saturated carbocycles. The van der Waals surface area contributed by atoms with Gasteiger partial charge in [0.05, 0.1) is 6.10 Å². The molecule has 0 radical (unpaired) electrons. The van der Waals surface area contributed by atoms with Gasteiger partial charge in [0.15, 0.2) is 0 Å². The minimum atomic E-state index is -0.786. The third-order valence-electron chi connectivity index (χ3n) is 3.14. The summed E-state index contributed by atoms with van der Waals surface area (Å²) in [5.41, 5.74) is 1.17. The van der Waals surface area contributed by atoms with Gasteiger partial charge >= 0.3 is 0 Å². The summed E-state index contributed by atoms with van der Waals surface area (Å²) in [5, 5.41) is 9.66. The van der Waals surface area contributed by atoms with Gasteiger partial charge in [-0.1, -0.05) is 26.3 Å². The number of hydrogen-bond acceptors (Lipinski definition) is 2. The fraction of sp³-hybridized carbons (Fsp3) is 0.571. The summed E-state index contributed by atoms with van der Waals surface area (Å²) in [4.78, 5) is 2.01. The SMILES string of the molecule is CCC(C)CN(C)c1cccc(F)c1[C@H](C)O. The van der Waals surface area contributed by atoms with Gasteiger partial charge in [0.25, 0.3) is 0 Å². The third kappa shape index (κ3) is 3.43. The second kappa shape index (κ2) is 6.01. The molecule has 17 heavy (non-hydrogen) atoms. The number of halogens is 1. The van der Waals surface area contributed by atoms with Gasteiger partial charge in [-0.3, -0.25) is 0 Å². The Hall–Kier alpha value is -1.09. The van der Waals surface area contributed by atoms with Crippen molar-refractivity contribution in [1.82, 2.24) is 0 Å². The van der Waals surface area contributed by atoms with Gasteiger partial charge in [0, 0.05) is 24.8 Å². The minimum Gasteiger partial charge on any atom is -0.389 e. The molecule has 2 nitrogen and oxygen atoms in total. The first-order chi connectivity index (χ1) is 7.97. The van der Waals surface area contributed by atoms with Gasteiger partial charge in [0.1, 0.15) is 5.82 Å². The molecule has 1 aromatic rings. The normalized spacial score (nSPS) is 14.5. The zero-order valence-electron chi connectivity index (χ0n) is 11.1. The van der Waals surface area contributed by atoms with Gasteiger partial charge in [-0.2, -0.15) is 0 Å². The Balaban J connectivity index is 3.00. The van der Waals surface area contributed by atoms with Crippen molar-refractivity contribution in [3.8, 4) is 0 Å². The molecule has 0 heterocycles. The van der Waals surface area contributed by atoms with Gasteiger partial charge in [-0.05, 0) is 25.0 Å². The fourth-order valence-corrected chi connectivity index (χ4v) is 1.97. The largest absolute Gasteiger partial charge is 0.389 e. The van der Waals surface area contributed by atoms with E-state index >= 15 is 0 Å². The number of nitrogens with zero attached hydrogens (tertiary/aromatic N) is 1. The van der Waals surface area contributed by atoms with Crippen LogP contribution in [-0.2, 0) is 0 Å². The minimum absolute atomic E-state index is 0.339. The molecule has 0 bridgehead atoms. The second-order valence-electron chi connectivity index (χ2n) is 4.74. The zero-order chi connectivity index (χ0) is 13.0. The van der Waals surface area contributed by atoms with E-state index in [0.717, 1.165) is 18.7 Å². The molecule has 1 aromatic carbocycles. The topological polar surface area (TPSA) is 23.5 Å². The van der Waals surface area contributed by atoms with Crippen molar-refractivity contribution in [2.45, 2.75) is 33.3 Å². The van der Waals surface area contributed by atoms with E-state index in [9.17, 15) is 9.50 Å². The number of rotatable bonds is 5. The monoisotopic (exact) mass is 239 g/mol. The van der Waals surface area contributed by atoms with E-state index in [1.807, 2.05) is 18.0 Å². The maximum Gasteiger partial charge on any atom is 0.131 e. The molecule has 0 aliphatic heterocycles. The van der Waals surface area contributed by atoms with Crippen molar-refractivity contribution in [3.63, 3.8) is 0 Å². The van der Waals surface area contributed by atoms with Crippen molar-refractivity contribution in [3.05, 3.63) is 29.6 Å². The van der Waals surface area contributed by atoms with E-state index in [1.54, 1.807) is 13.0 Å². The summed E-state index contributed by atoms with van der Waals surface area (Å²) < 4.78 is 13.7. The van der Waals surface area contributed by atoms with Crippen LogP contribution in [0.25, 0.3) is 0 Å². The second-order valence-corrected chi connectivity index (χ2v) is 4.74. The first kappa shape index (κ1) is 14.0. The lowest BCUT2D eigenvalue weighted by atomic mass is 10.0. The van der Waals surface area contributed by atoms with E-state index < -0.39 is 6.10 Å². The molecule has 0 amide bonds. The lowest BCUT2D eigenvalue weighted by Crippen LogP contribution is -2.25. The Bertz CT molecular complexity index is 365. The Labute approximate surface area is 103 Å². The van der Waals surface area contributed by atoms with Crippen LogP contribution in [0.4, 0.5) is 10.1 Å². The van der Waals surface area contributed by atoms with Crippen molar-refractivity contribution in [1.29, 1.82) is 0 Å². The van der Waals surface area contributed by atoms with Gasteiger partial charge in [-0.25, -0.2) is 4.39 Å². The standard InChI is InChI=1S/C14H22FNO/c1-5-10(2)9-16(4)13-8-6-7-12(15)14(13)11(3)17/h6-8,10-11,17H,5,9H2,1-4H3/t10?,11-/m0/s1. The molecule has 0 saturated heterocycles. The average molecular weight is 239 g/mol. The first-order valence-electron chi connectivity index (χ1n) is 6.15. The average Bonchev–Trinajstić information content (AvgIpc) is 2.27. The Morgan fingerprint density at radius 1 is 1.35 bits per heavy atom. The van der Waals surface area contributed by atoms with Gasteiger partial charge in [0.2, 0.25) is 0 Å². The zero-order valence-corrected chi connectivity index (χ0v) is 11.1. The van der Waals surface area contributed by atoms with E-state index in [-0.39, 0.29) is 5.82 Å². The smallest absolute Gasteiger partial charge is 0.131 e. The van der Waals surface area contributed by atoms with E-state index in [1.165, 1.54) is 6.07 Å². The van der Waals surface area contributed by atoms with Crippen LogP contribution in [0.2, 0.25) is 0 Å². The third-order valence-corrected chi connectivity index (χ3v) is 3.14. The van der Waals surface area contributed by atoms with Crippen molar-refractivity contribution in [2.24, 2.45) is 5.92 Å².